The molecule has 3 amide bonds. The van der Waals surface area contributed by atoms with E-state index in [-0.39, 0.29) is 23.3 Å². The zero-order valence-corrected chi connectivity index (χ0v) is 15.5. The van der Waals surface area contributed by atoms with E-state index >= 15 is 0 Å². The zero-order chi connectivity index (χ0) is 18.0. The van der Waals surface area contributed by atoms with Gasteiger partial charge >= 0.3 is 0 Å². The molecule has 0 saturated carbocycles. The van der Waals surface area contributed by atoms with E-state index in [9.17, 15) is 14.4 Å². The van der Waals surface area contributed by atoms with Gasteiger partial charge in [-0.3, -0.25) is 19.3 Å². The van der Waals surface area contributed by atoms with Crippen LogP contribution in [-0.4, -0.2) is 96.2 Å². The molecule has 140 valence electrons. The van der Waals surface area contributed by atoms with Gasteiger partial charge in [0.05, 0.1) is 0 Å². The molecule has 25 heavy (non-hydrogen) atoms. The van der Waals surface area contributed by atoms with Crippen LogP contribution in [0.15, 0.2) is 0 Å². The number of nitrogens with zero attached hydrogens (tertiary/aromatic N) is 4. The van der Waals surface area contributed by atoms with Gasteiger partial charge in [0.1, 0.15) is 0 Å². The molecule has 0 N–H and O–H groups in total. The van der Waals surface area contributed by atoms with Crippen LogP contribution in [0.2, 0.25) is 0 Å². The maximum Gasteiger partial charge on any atom is 0.224 e. The molecule has 0 radical (unpaired) electrons. The maximum absolute atomic E-state index is 12.7. The van der Waals surface area contributed by atoms with Gasteiger partial charge in [0, 0.05) is 71.1 Å². The van der Waals surface area contributed by atoms with Crippen LogP contribution in [0.4, 0.5) is 0 Å². The van der Waals surface area contributed by atoms with Crippen molar-refractivity contribution in [1.82, 2.24) is 19.6 Å². The van der Waals surface area contributed by atoms with Crippen LogP contribution in [0, 0.1) is 0 Å². The first-order chi connectivity index (χ1) is 11.9. The molecule has 3 rings (SSSR count). The molecule has 3 aliphatic rings. The van der Waals surface area contributed by atoms with Crippen molar-refractivity contribution in [3.8, 4) is 0 Å². The molecule has 0 unspecified atom stereocenters. The fourth-order valence-corrected chi connectivity index (χ4v) is 4.30. The Balaban J connectivity index is 1.60. The van der Waals surface area contributed by atoms with Crippen LogP contribution in [0.1, 0.15) is 38.5 Å². The fraction of sp³-hybridized carbons (Fsp3) is 0.833. The van der Waals surface area contributed by atoms with Crippen molar-refractivity contribution in [3.63, 3.8) is 0 Å². The summed E-state index contributed by atoms with van der Waals surface area (Å²) in [6.45, 7) is 4.33. The molecule has 3 saturated heterocycles. The molecule has 1 spiro atoms. The Bertz CT molecular complexity index is 552. The standard InChI is InChI=1S/C18H30N4O3/c1-19-11-8-18(7-5-15(19)23)14-22(13-12-20(18)2)17(25)6-10-21-9-3-4-16(21)24/h3-14H2,1-2H3/t18-/m0/s1. The molecule has 0 aromatic carbocycles. The molecule has 0 aromatic rings. The van der Waals surface area contributed by atoms with E-state index < -0.39 is 0 Å². The summed E-state index contributed by atoms with van der Waals surface area (Å²) in [6, 6.07) is 0. The molecule has 7 nitrogen and oxygen atoms in total. The van der Waals surface area contributed by atoms with Gasteiger partial charge in [-0.25, -0.2) is 0 Å². The van der Waals surface area contributed by atoms with E-state index in [2.05, 4.69) is 11.9 Å². The fourth-order valence-electron chi connectivity index (χ4n) is 4.30. The quantitative estimate of drug-likeness (QED) is 0.727. The van der Waals surface area contributed by atoms with Crippen LogP contribution in [0.25, 0.3) is 0 Å². The Morgan fingerprint density at radius 3 is 2.52 bits per heavy atom. The number of likely N-dealkylation sites (N-methyl/N-ethyl adjacent to an activating group) is 1. The molecular weight excluding hydrogens is 320 g/mol. The van der Waals surface area contributed by atoms with E-state index in [0.29, 0.717) is 32.4 Å². The highest BCUT2D eigenvalue weighted by atomic mass is 16.2. The molecule has 0 aliphatic carbocycles. The summed E-state index contributed by atoms with van der Waals surface area (Å²) in [6.07, 6.45) is 4.19. The predicted octanol–water partition coefficient (Wildman–Crippen LogP) is 0.154. The average molecular weight is 350 g/mol. The maximum atomic E-state index is 12.7. The number of hydrogen-bond donors (Lipinski definition) is 0. The number of carbonyl (C=O) groups excluding carboxylic acids is 3. The van der Waals surface area contributed by atoms with Gasteiger partial charge in [0.25, 0.3) is 0 Å². The summed E-state index contributed by atoms with van der Waals surface area (Å²) in [4.78, 5) is 44.4. The second-order valence-corrected chi connectivity index (χ2v) is 7.76. The Morgan fingerprint density at radius 1 is 1.00 bits per heavy atom. The summed E-state index contributed by atoms with van der Waals surface area (Å²) in [7, 11) is 3.97. The minimum atomic E-state index is -0.0994. The number of rotatable bonds is 3. The van der Waals surface area contributed by atoms with Gasteiger partial charge in [-0.2, -0.15) is 0 Å². The van der Waals surface area contributed by atoms with E-state index in [0.717, 1.165) is 45.4 Å². The largest absolute Gasteiger partial charge is 0.346 e. The molecule has 0 bridgehead atoms. The second-order valence-electron chi connectivity index (χ2n) is 7.76. The minimum Gasteiger partial charge on any atom is -0.346 e. The van der Waals surface area contributed by atoms with Gasteiger partial charge < -0.3 is 14.7 Å². The smallest absolute Gasteiger partial charge is 0.224 e. The Hall–Kier alpha value is -1.63. The van der Waals surface area contributed by atoms with Crippen LogP contribution in [0.3, 0.4) is 0 Å². The zero-order valence-electron chi connectivity index (χ0n) is 15.5. The Morgan fingerprint density at radius 2 is 1.80 bits per heavy atom. The highest BCUT2D eigenvalue weighted by Crippen LogP contribution is 2.32. The van der Waals surface area contributed by atoms with E-state index in [4.69, 9.17) is 0 Å². The van der Waals surface area contributed by atoms with Gasteiger partial charge in [0.15, 0.2) is 0 Å². The van der Waals surface area contributed by atoms with Crippen molar-refractivity contribution >= 4 is 17.7 Å². The lowest BCUT2D eigenvalue weighted by Gasteiger charge is -2.49. The third-order valence-electron chi connectivity index (χ3n) is 6.26. The predicted molar refractivity (Wildman–Crippen MR) is 93.9 cm³/mol. The van der Waals surface area contributed by atoms with Crippen LogP contribution in [-0.2, 0) is 14.4 Å². The lowest BCUT2D eigenvalue weighted by atomic mass is 9.86. The van der Waals surface area contributed by atoms with Crippen molar-refractivity contribution in [3.05, 3.63) is 0 Å². The van der Waals surface area contributed by atoms with Crippen LogP contribution < -0.4 is 0 Å². The molecule has 3 aliphatic heterocycles. The minimum absolute atomic E-state index is 0.0994. The van der Waals surface area contributed by atoms with E-state index in [1.54, 1.807) is 0 Å². The van der Waals surface area contributed by atoms with Crippen LogP contribution >= 0.6 is 0 Å². The molecule has 1 atom stereocenters. The third kappa shape index (κ3) is 3.81. The summed E-state index contributed by atoms with van der Waals surface area (Å²) in [5, 5.41) is 0. The van der Waals surface area contributed by atoms with Crippen molar-refractivity contribution < 1.29 is 14.4 Å². The molecule has 3 fully saturated rings. The first-order valence-corrected chi connectivity index (χ1v) is 9.42. The lowest BCUT2D eigenvalue weighted by molar-refractivity contribution is -0.137. The number of piperazine rings is 1. The Kier molecular flexibility index (Phi) is 5.32. The van der Waals surface area contributed by atoms with E-state index in [1.165, 1.54) is 0 Å². The highest BCUT2D eigenvalue weighted by Gasteiger charge is 2.42. The van der Waals surface area contributed by atoms with Crippen molar-refractivity contribution in [2.45, 2.75) is 44.1 Å². The molecule has 3 heterocycles. The Labute approximate surface area is 149 Å². The molecular formula is C18H30N4O3. The highest BCUT2D eigenvalue weighted by molar-refractivity contribution is 5.80. The summed E-state index contributed by atoms with van der Waals surface area (Å²) < 4.78 is 0. The summed E-state index contributed by atoms with van der Waals surface area (Å²) in [5.74, 6) is 0.505. The van der Waals surface area contributed by atoms with Gasteiger partial charge in [-0.15, -0.1) is 0 Å². The van der Waals surface area contributed by atoms with Crippen molar-refractivity contribution in [2.75, 3.05) is 53.4 Å². The van der Waals surface area contributed by atoms with Gasteiger partial charge in [-0.1, -0.05) is 0 Å². The van der Waals surface area contributed by atoms with Gasteiger partial charge in [-0.05, 0) is 26.3 Å². The topological polar surface area (TPSA) is 64.2 Å². The monoisotopic (exact) mass is 350 g/mol. The first-order valence-electron chi connectivity index (χ1n) is 9.42. The second kappa shape index (κ2) is 7.32. The number of carbonyl (C=O) groups is 3. The number of likely N-dealkylation sites (tertiary alicyclic amines) is 2. The summed E-state index contributed by atoms with van der Waals surface area (Å²) in [5.41, 5.74) is -0.0994. The van der Waals surface area contributed by atoms with Gasteiger partial charge in [0.2, 0.25) is 17.7 Å². The normalized spacial score (nSPS) is 28.8. The number of hydrogen-bond acceptors (Lipinski definition) is 4. The lowest BCUT2D eigenvalue weighted by Crippen LogP contribution is -2.62. The average Bonchev–Trinajstić information content (AvgIpc) is 2.96. The SMILES string of the molecule is CN1CC[C@@]2(CCC1=O)CN(C(=O)CCN1CCCC1=O)CCN2C. The third-order valence-corrected chi connectivity index (χ3v) is 6.26. The van der Waals surface area contributed by atoms with Crippen molar-refractivity contribution in [1.29, 1.82) is 0 Å². The molecule has 7 heteroatoms. The van der Waals surface area contributed by atoms with E-state index in [1.807, 2.05) is 21.7 Å². The summed E-state index contributed by atoms with van der Waals surface area (Å²) >= 11 is 0. The molecule has 0 aromatic heterocycles. The number of amides is 3. The first kappa shape index (κ1) is 18.2. The van der Waals surface area contributed by atoms with Crippen molar-refractivity contribution in [2.24, 2.45) is 0 Å². The van der Waals surface area contributed by atoms with Crippen LogP contribution in [0.5, 0.6) is 0 Å².